The molecule has 0 atom stereocenters. The highest BCUT2D eigenvalue weighted by molar-refractivity contribution is 7.88. The quantitative estimate of drug-likeness (QED) is 0.462. The zero-order valence-corrected chi connectivity index (χ0v) is 17.4. The molecular formula is C22H22NO5P. The molecule has 7 heteroatoms. The monoisotopic (exact) mass is 411 g/mol. The molecule has 0 radical (unpaired) electrons. The molecule has 0 saturated carbocycles. The van der Waals surface area contributed by atoms with Crippen LogP contribution >= 0.6 is 7.04 Å². The highest BCUT2D eigenvalue weighted by Crippen LogP contribution is 2.48. The van der Waals surface area contributed by atoms with Crippen molar-refractivity contribution in [3.63, 3.8) is 0 Å². The molecule has 150 valence electrons. The van der Waals surface area contributed by atoms with E-state index in [0.29, 0.717) is 11.7 Å². The first-order valence-corrected chi connectivity index (χ1v) is 10.9. The van der Waals surface area contributed by atoms with Gasteiger partial charge in [0.2, 0.25) is 0 Å². The fourth-order valence-corrected chi connectivity index (χ4v) is 7.61. The largest absolute Gasteiger partial charge is 0.465 e. The molecule has 29 heavy (non-hydrogen) atoms. The van der Waals surface area contributed by atoms with Gasteiger partial charge in [-0.2, -0.15) is 0 Å². The average molecular weight is 411 g/mol. The summed E-state index contributed by atoms with van der Waals surface area (Å²) in [4.78, 5) is 38.4. The number of rotatable bonds is 5. The fraction of sp³-hybridized carbons (Fsp3) is 0.182. The summed E-state index contributed by atoms with van der Waals surface area (Å²) in [5.41, 5.74) is -0.328. The smallest absolute Gasteiger partial charge is 0.344 e. The lowest BCUT2D eigenvalue weighted by molar-refractivity contribution is -0.140. The fourth-order valence-electron chi connectivity index (χ4n) is 3.63. The van der Waals surface area contributed by atoms with Crippen molar-refractivity contribution in [1.29, 1.82) is 0 Å². The summed E-state index contributed by atoms with van der Waals surface area (Å²) in [7, 11) is -0.315. The summed E-state index contributed by atoms with van der Waals surface area (Å²) < 4.78 is 9.76. The van der Waals surface area contributed by atoms with E-state index in [1.54, 1.807) is 0 Å². The summed E-state index contributed by atoms with van der Waals surface area (Å²) in [5, 5.41) is 5.53. The summed E-state index contributed by atoms with van der Waals surface area (Å²) in [5.74, 6) is -2.24. The van der Waals surface area contributed by atoms with Crippen molar-refractivity contribution in [1.82, 2.24) is 5.09 Å². The Kier molecular flexibility index (Phi) is 6.04. The molecule has 0 bridgehead atoms. The predicted molar refractivity (Wildman–Crippen MR) is 114 cm³/mol. The van der Waals surface area contributed by atoms with Gasteiger partial charge < -0.3 is 14.6 Å². The van der Waals surface area contributed by atoms with Crippen LogP contribution in [-0.2, 0) is 23.9 Å². The summed E-state index contributed by atoms with van der Waals surface area (Å²) in [6.45, 7) is 1.89. The van der Waals surface area contributed by atoms with E-state index in [9.17, 15) is 14.4 Å². The van der Waals surface area contributed by atoms with Crippen LogP contribution in [0.4, 0.5) is 0 Å². The lowest BCUT2D eigenvalue weighted by atomic mass is 10.0. The van der Waals surface area contributed by atoms with Gasteiger partial charge in [0, 0.05) is 7.04 Å². The Labute approximate surface area is 169 Å². The highest BCUT2D eigenvalue weighted by Gasteiger charge is 2.42. The van der Waals surface area contributed by atoms with Crippen molar-refractivity contribution in [3.05, 3.63) is 71.8 Å². The van der Waals surface area contributed by atoms with Crippen LogP contribution < -0.4 is 15.7 Å². The zero-order chi connectivity index (χ0) is 21.0. The summed E-state index contributed by atoms with van der Waals surface area (Å²) in [6, 6.07) is 19.0. The van der Waals surface area contributed by atoms with E-state index in [-0.39, 0.29) is 11.1 Å². The Morgan fingerprint density at radius 1 is 0.828 bits per heavy atom. The minimum atomic E-state index is -2.72. The van der Waals surface area contributed by atoms with Gasteiger partial charge in [0.1, 0.15) is 5.57 Å². The second-order valence-electron chi connectivity index (χ2n) is 6.32. The Morgan fingerprint density at radius 2 is 1.28 bits per heavy atom. The normalized spacial score (nSPS) is 15.6. The van der Waals surface area contributed by atoms with Gasteiger partial charge in [-0.3, -0.25) is 4.79 Å². The molecule has 0 saturated heterocycles. The van der Waals surface area contributed by atoms with Crippen LogP contribution in [0, 0.1) is 0 Å². The number of carbonyl (C=O) groups excluding carboxylic acids is 3. The molecule has 2 aromatic rings. The zero-order valence-electron chi connectivity index (χ0n) is 16.5. The first kappa shape index (κ1) is 20.6. The number of methoxy groups -OCH3 is 2. The van der Waals surface area contributed by atoms with Gasteiger partial charge in [-0.15, -0.1) is 0 Å². The van der Waals surface area contributed by atoms with Gasteiger partial charge >= 0.3 is 11.9 Å². The number of hydrogen-bond donors (Lipinski definition) is 1. The molecule has 6 nitrogen and oxygen atoms in total. The molecule has 0 aromatic heterocycles. The molecule has 1 N–H and O–H groups in total. The number of carbonyl (C=O) groups is 3. The Balaban J connectivity index is 2.55. The van der Waals surface area contributed by atoms with Gasteiger partial charge in [0.25, 0.3) is 5.91 Å². The lowest BCUT2D eigenvalue weighted by Gasteiger charge is -2.36. The minimum absolute atomic E-state index is 0.00774. The van der Waals surface area contributed by atoms with Crippen molar-refractivity contribution in [2.45, 2.75) is 13.3 Å². The number of nitrogens with one attached hydrogen (secondary N) is 1. The Morgan fingerprint density at radius 3 is 1.69 bits per heavy atom. The van der Waals surface area contributed by atoms with Gasteiger partial charge in [0.05, 0.1) is 19.8 Å². The van der Waals surface area contributed by atoms with Crippen molar-refractivity contribution < 1.29 is 23.9 Å². The van der Waals surface area contributed by atoms with Crippen molar-refractivity contribution in [2.75, 3.05) is 14.2 Å². The summed E-state index contributed by atoms with van der Waals surface area (Å²) in [6.07, 6.45) is 0.433. The Bertz CT molecular complexity index is 998. The third-order valence-corrected chi connectivity index (χ3v) is 8.87. The van der Waals surface area contributed by atoms with Gasteiger partial charge in [-0.25, -0.2) is 9.59 Å². The van der Waals surface area contributed by atoms with E-state index in [1.807, 2.05) is 67.6 Å². The van der Waals surface area contributed by atoms with E-state index in [0.717, 1.165) is 10.6 Å². The van der Waals surface area contributed by atoms with Gasteiger partial charge in [-0.1, -0.05) is 67.6 Å². The number of esters is 2. The maximum Gasteiger partial charge on any atom is 0.344 e. The SMILES string of the molecule is CCC1=P(c2ccccc2)(c2ccccc2)NC(=O)C(C(=O)OC)=C1C(=O)OC. The second-order valence-corrected chi connectivity index (χ2v) is 9.45. The van der Waals surface area contributed by atoms with E-state index in [1.165, 1.54) is 14.2 Å². The first-order valence-electron chi connectivity index (χ1n) is 9.11. The van der Waals surface area contributed by atoms with Crippen molar-refractivity contribution in [2.24, 2.45) is 0 Å². The third-order valence-electron chi connectivity index (χ3n) is 4.84. The van der Waals surface area contributed by atoms with Crippen LogP contribution in [0.3, 0.4) is 0 Å². The van der Waals surface area contributed by atoms with Gasteiger partial charge in [0.15, 0.2) is 0 Å². The highest BCUT2D eigenvalue weighted by atomic mass is 31.2. The van der Waals surface area contributed by atoms with Gasteiger partial charge in [-0.05, 0) is 22.3 Å². The van der Waals surface area contributed by atoms with Crippen LogP contribution in [0.25, 0.3) is 0 Å². The number of ether oxygens (including phenoxy) is 2. The van der Waals surface area contributed by atoms with Crippen LogP contribution in [0.15, 0.2) is 71.8 Å². The summed E-state index contributed by atoms with van der Waals surface area (Å²) >= 11 is 0. The predicted octanol–water partition coefficient (Wildman–Crippen LogP) is 1.92. The lowest BCUT2D eigenvalue weighted by Crippen LogP contribution is -2.44. The van der Waals surface area contributed by atoms with E-state index in [4.69, 9.17) is 9.47 Å². The Hall–Kier alpha value is -3.11. The number of amides is 1. The van der Waals surface area contributed by atoms with E-state index in [2.05, 4.69) is 5.09 Å². The maximum absolute atomic E-state index is 13.2. The standard InChI is InChI=1S/C22H22NO5P/c1-4-17-18(21(25)27-2)19(22(26)28-3)20(24)23-29(17,15-11-7-5-8-12-15)16-13-9-6-10-14-16/h5-14H,4H2,1-3H3,(H,23,24). The molecule has 1 heterocycles. The van der Waals surface area contributed by atoms with E-state index >= 15 is 0 Å². The van der Waals surface area contributed by atoms with Crippen LogP contribution in [0.5, 0.6) is 0 Å². The van der Waals surface area contributed by atoms with Crippen LogP contribution in [0.1, 0.15) is 13.3 Å². The molecule has 1 aliphatic rings. The number of benzene rings is 2. The first-order chi connectivity index (χ1) is 14.0. The molecule has 0 fully saturated rings. The molecule has 1 aliphatic heterocycles. The van der Waals surface area contributed by atoms with Crippen molar-refractivity contribution in [3.8, 4) is 0 Å². The molecule has 2 aromatic carbocycles. The number of hydrogen-bond acceptors (Lipinski definition) is 5. The van der Waals surface area contributed by atoms with Crippen LogP contribution in [-0.4, -0.2) is 37.4 Å². The molecular weight excluding hydrogens is 389 g/mol. The average Bonchev–Trinajstić information content (AvgIpc) is 2.78. The molecule has 0 aliphatic carbocycles. The maximum atomic E-state index is 13.2. The second kappa shape index (κ2) is 8.50. The molecule has 0 unspecified atom stereocenters. The molecule has 3 rings (SSSR count). The molecule has 0 spiro atoms. The minimum Gasteiger partial charge on any atom is -0.465 e. The van der Waals surface area contributed by atoms with Crippen LogP contribution in [0.2, 0.25) is 0 Å². The van der Waals surface area contributed by atoms with Crippen molar-refractivity contribution >= 4 is 40.8 Å². The van der Waals surface area contributed by atoms with E-state index < -0.39 is 24.9 Å². The molecule has 1 amide bonds. The topological polar surface area (TPSA) is 81.7 Å². The third kappa shape index (κ3) is 3.40.